The van der Waals surface area contributed by atoms with Crippen molar-refractivity contribution in [2.45, 2.75) is 12.8 Å². The van der Waals surface area contributed by atoms with Crippen molar-refractivity contribution >= 4 is 27.5 Å². The molecule has 1 aromatic heterocycles. The zero-order valence-corrected chi connectivity index (χ0v) is 16.6. The number of hydrogen-bond donors (Lipinski definition) is 1. The lowest BCUT2D eigenvalue weighted by Crippen LogP contribution is -2.17. The van der Waals surface area contributed by atoms with Gasteiger partial charge >= 0.3 is 0 Å². The summed E-state index contributed by atoms with van der Waals surface area (Å²) in [7, 11) is 0. The summed E-state index contributed by atoms with van der Waals surface area (Å²) in [4.78, 5) is 16.4. The number of ether oxygens (including phenoxy) is 2. The van der Waals surface area contributed by atoms with E-state index >= 15 is 0 Å². The van der Waals surface area contributed by atoms with Crippen LogP contribution < -0.4 is 14.8 Å². The van der Waals surface area contributed by atoms with Crippen LogP contribution in [0.2, 0.25) is 0 Å². The van der Waals surface area contributed by atoms with Crippen LogP contribution in [0.1, 0.15) is 12.3 Å². The Morgan fingerprint density at radius 3 is 2.66 bits per heavy atom. The molecule has 0 aliphatic carbocycles. The quantitative estimate of drug-likeness (QED) is 0.590. The Labute approximate surface area is 173 Å². The molecule has 2 heterocycles. The van der Waals surface area contributed by atoms with Crippen molar-refractivity contribution in [3.63, 3.8) is 0 Å². The Morgan fingerprint density at radius 2 is 1.90 bits per heavy atom. The summed E-state index contributed by atoms with van der Waals surface area (Å²) in [5, 5.41) is 2.79. The van der Waals surface area contributed by atoms with Crippen LogP contribution in [0, 0.1) is 11.6 Å². The van der Waals surface area contributed by atoms with Gasteiger partial charge in [0.15, 0.2) is 23.1 Å². The Balaban J connectivity index is 1.39. The third-order valence-electron chi connectivity index (χ3n) is 4.22. The summed E-state index contributed by atoms with van der Waals surface area (Å²) in [5.74, 6) is -0.0422. The van der Waals surface area contributed by atoms with Gasteiger partial charge in [-0.05, 0) is 28.1 Å². The second-order valence-corrected chi connectivity index (χ2v) is 7.12. The van der Waals surface area contributed by atoms with E-state index in [0.29, 0.717) is 34.9 Å². The van der Waals surface area contributed by atoms with Gasteiger partial charge in [0.05, 0.1) is 17.4 Å². The van der Waals surface area contributed by atoms with E-state index in [2.05, 4.69) is 26.2 Å². The van der Waals surface area contributed by atoms with Crippen molar-refractivity contribution < 1.29 is 27.5 Å². The number of nitrogens with one attached hydrogen (secondary N) is 1. The fourth-order valence-corrected chi connectivity index (χ4v) is 3.25. The zero-order valence-electron chi connectivity index (χ0n) is 15.0. The molecule has 0 fully saturated rings. The van der Waals surface area contributed by atoms with Gasteiger partial charge in [0.2, 0.25) is 5.91 Å². The van der Waals surface area contributed by atoms with E-state index in [-0.39, 0.29) is 36.0 Å². The minimum Gasteiger partial charge on any atom is -0.486 e. The van der Waals surface area contributed by atoms with Gasteiger partial charge in [-0.3, -0.25) is 4.79 Å². The number of nitrogens with zero attached hydrogens (tertiary/aromatic N) is 1. The molecule has 0 unspecified atom stereocenters. The molecule has 1 amide bonds. The van der Waals surface area contributed by atoms with Crippen molar-refractivity contribution in [2.75, 3.05) is 18.5 Å². The van der Waals surface area contributed by atoms with Crippen molar-refractivity contribution in [3.8, 4) is 22.8 Å². The molecule has 0 saturated heterocycles. The van der Waals surface area contributed by atoms with Gasteiger partial charge in [0.25, 0.3) is 0 Å². The molecule has 0 atom stereocenters. The van der Waals surface area contributed by atoms with Gasteiger partial charge < -0.3 is 19.2 Å². The molecule has 0 saturated carbocycles. The number of carbonyl (C=O) groups excluding carboxylic acids is 1. The highest BCUT2D eigenvalue weighted by molar-refractivity contribution is 9.10. The second kappa shape index (κ2) is 8.20. The number of carbonyl (C=O) groups is 1. The maximum atomic E-state index is 13.8. The smallest absolute Gasteiger partial charge is 0.224 e. The first-order chi connectivity index (χ1) is 14.0. The van der Waals surface area contributed by atoms with Crippen LogP contribution in [0.3, 0.4) is 0 Å². The summed E-state index contributed by atoms with van der Waals surface area (Å²) in [6.45, 7) is 0.925. The van der Waals surface area contributed by atoms with Crippen molar-refractivity contribution in [1.29, 1.82) is 0 Å². The van der Waals surface area contributed by atoms with Crippen molar-refractivity contribution in [1.82, 2.24) is 4.98 Å². The first-order valence-corrected chi connectivity index (χ1v) is 9.58. The standard InChI is InChI=1S/C20H15BrF2N2O4/c21-13-8-16-17(28-6-5-27-16)9-15(13)25-19(26)3-4-20-24-10-18(29-20)12-2-1-11(22)7-14(12)23/h1-2,7-10H,3-6H2,(H,25,26). The molecule has 150 valence electrons. The number of halogens is 3. The number of rotatable bonds is 5. The summed E-state index contributed by atoms with van der Waals surface area (Å²) in [6, 6.07) is 6.62. The van der Waals surface area contributed by atoms with E-state index < -0.39 is 11.6 Å². The number of amides is 1. The minimum atomic E-state index is -0.742. The van der Waals surface area contributed by atoms with Gasteiger partial charge in [-0.2, -0.15) is 0 Å². The van der Waals surface area contributed by atoms with Crippen LogP contribution in [-0.2, 0) is 11.2 Å². The third kappa shape index (κ3) is 4.40. The maximum absolute atomic E-state index is 13.8. The molecule has 9 heteroatoms. The van der Waals surface area contributed by atoms with Crippen molar-refractivity contribution in [3.05, 3.63) is 58.5 Å². The molecule has 1 N–H and O–H groups in total. The van der Waals surface area contributed by atoms with E-state index in [1.165, 1.54) is 12.3 Å². The van der Waals surface area contributed by atoms with Crippen LogP contribution in [-0.4, -0.2) is 24.1 Å². The normalized spacial score (nSPS) is 12.7. The number of anilines is 1. The maximum Gasteiger partial charge on any atom is 0.224 e. The van der Waals surface area contributed by atoms with Crippen molar-refractivity contribution in [2.24, 2.45) is 0 Å². The van der Waals surface area contributed by atoms with Crippen LogP contribution in [0.15, 0.2) is 45.4 Å². The predicted octanol–water partition coefficient (Wildman–Crippen LogP) is 4.72. The molecular formula is C20H15BrF2N2O4. The number of fused-ring (bicyclic) bond motifs is 1. The van der Waals surface area contributed by atoms with E-state index in [9.17, 15) is 13.6 Å². The molecule has 2 aromatic carbocycles. The number of aryl methyl sites for hydroxylation is 1. The fraction of sp³-hybridized carbons (Fsp3) is 0.200. The molecular weight excluding hydrogens is 450 g/mol. The lowest BCUT2D eigenvalue weighted by atomic mass is 10.2. The second-order valence-electron chi connectivity index (χ2n) is 6.27. The highest BCUT2D eigenvalue weighted by Crippen LogP contribution is 2.38. The molecule has 3 aromatic rings. The summed E-state index contributed by atoms with van der Waals surface area (Å²) < 4.78 is 44.0. The van der Waals surface area contributed by atoms with Gasteiger partial charge in [-0.1, -0.05) is 0 Å². The van der Waals surface area contributed by atoms with Gasteiger partial charge in [0, 0.05) is 35.5 Å². The van der Waals surface area contributed by atoms with Gasteiger partial charge in [-0.25, -0.2) is 13.8 Å². The van der Waals surface area contributed by atoms with E-state index in [4.69, 9.17) is 13.9 Å². The Hall–Kier alpha value is -2.94. The number of aromatic nitrogens is 1. The molecule has 4 rings (SSSR count). The van der Waals surface area contributed by atoms with E-state index in [1.54, 1.807) is 12.1 Å². The lowest BCUT2D eigenvalue weighted by Gasteiger charge is -2.20. The highest BCUT2D eigenvalue weighted by Gasteiger charge is 2.17. The SMILES string of the molecule is O=C(CCc1ncc(-c2ccc(F)cc2F)o1)Nc1cc2c(cc1Br)OCCO2. The molecule has 0 radical (unpaired) electrons. The van der Waals surface area contributed by atoms with Crippen LogP contribution in [0.25, 0.3) is 11.3 Å². The molecule has 1 aliphatic heterocycles. The molecule has 6 nitrogen and oxygen atoms in total. The third-order valence-corrected chi connectivity index (χ3v) is 4.88. The fourth-order valence-electron chi connectivity index (χ4n) is 2.83. The Morgan fingerprint density at radius 1 is 1.14 bits per heavy atom. The molecule has 0 bridgehead atoms. The van der Waals surface area contributed by atoms with E-state index in [1.807, 2.05) is 0 Å². The molecule has 1 aliphatic rings. The summed E-state index contributed by atoms with van der Waals surface area (Å²) >= 11 is 3.40. The first-order valence-electron chi connectivity index (χ1n) is 8.79. The minimum absolute atomic E-state index is 0.104. The Bertz CT molecular complexity index is 1070. The molecule has 0 spiro atoms. The van der Waals surface area contributed by atoms with Gasteiger partial charge in [0.1, 0.15) is 24.8 Å². The lowest BCUT2D eigenvalue weighted by molar-refractivity contribution is -0.116. The van der Waals surface area contributed by atoms with Crippen LogP contribution >= 0.6 is 15.9 Å². The largest absolute Gasteiger partial charge is 0.486 e. The summed E-state index contributed by atoms with van der Waals surface area (Å²) in [5.41, 5.74) is 0.663. The average molecular weight is 465 g/mol. The highest BCUT2D eigenvalue weighted by atomic mass is 79.9. The topological polar surface area (TPSA) is 73.6 Å². The van der Waals surface area contributed by atoms with Crippen LogP contribution in [0.5, 0.6) is 11.5 Å². The average Bonchev–Trinajstić information content (AvgIpc) is 3.16. The van der Waals surface area contributed by atoms with Crippen LogP contribution in [0.4, 0.5) is 14.5 Å². The number of hydrogen-bond acceptors (Lipinski definition) is 5. The number of oxazole rings is 1. The first kappa shape index (κ1) is 19.4. The molecule has 29 heavy (non-hydrogen) atoms. The summed E-state index contributed by atoms with van der Waals surface area (Å²) in [6.07, 6.45) is 1.67. The Kier molecular flexibility index (Phi) is 5.48. The predicted molar refractivity (Wildman–Crippen MR) is 104 cm³/mol. The number of benzene rings is 2. The van der Waals surface area contributed by atoms with Gasteiger partial charge in [-0.15, -0.1) is 0 Å². The zero-order chi connectivity index (χ0) is 20.4. The van der Waals surface area contributed by atoms with E-state index in [0.717, 1.165) is 12.1 Å². The monoisotopic (exact) mass is 464 g/mol.